The van der Waals surface area contributed by atoms with Gasteiger partial charge in [-0.25, -0.2) is 0 Å². The summed E-state index contributed by atoms with van der Waals surface area (Å²) in [5, 5.41) is 1.28. The maximum atomic E-state index is 13.7. The van der Waals surface area contributed by atoms with Crippen molar-refractivity contribution in [3.8, 4) is 5.75 Å². The molecule has 1 fully saturated rings. The molecule has 1 saturated carbocycles. The number of amides is 1. The molecule has 5 rings (SSSR count). The summed E-state index contributed by atoms with van der Waals surface area (Å²) in [6, 6.07) is 19.4. The number of benzene rings is 3. The van der Waals surface area contributed by atoms with E-state index >= 15 is 0 Å². The van der Waals surface area contributed by atoms with Gasteiger partial charge < -0.3 is 14.6 Å². The van der Waals surface area contributed by atoms with E-state index in [-0.39, 0.29) is 11.7 Å². The zero-order chi connectivity index (χ0) is 25.3. The van der Waals surface area contributed by atoms with Gasteiger partial charge in [0.25, 0.3) is 5.91 Å². The summed E-state index contributed by atoms with van der Waals surface area (Å²) in [7, 11) is 0. The molecular formula is C28H24ClF3N2O2. The van der Waals surface area contributed by atoms with Crippen LogP contribution >= 0.6 is 11.6 Å². The Balaban J connectivity index is 1.40. The van der Waals surface area contributed by atoms with Gasteiger partial charge in [-0.1, -0.05) is 48.0 Å². The Bertz CT molecular complexity index is 1380. The first-order valence-corrected chi connectivity index (χ1v) is 12.1. The summed E-state index contributed by atoms with van der Waals surface area (Å²) in [4.78, 5) is 18.6. The van der Waals surface area contributed by atoms with Gasteiger partial charge in [0, 0.05) is 29.7 Å². The Morgan fingerprint density at radius 1 is 1.03 bits per heavy atom. The van der Waals surface area contributed by atoms with Crippen LogP contribution in [0.25, 0.3) is 10.9 Å². The largest absolute Gasteiger partial charge is 0.573 e. The number of carbonyl (C=O) groups is 1. The molecule has 1 aliphatic carbocycles. The van der Waals surface area contributed by atoms with Gasteiger partial charge in [0.2, 0.25) is 0 Å². The third kappa shape index (κ3) is 5.85. The van der Waals surface area contributed by atoms with Crippen molar-refractivity contribution < 1.29 is 22.7 Å². The van der Waals surface area contributed by atoms with Crippen LogP contribution in [0.1, 0.15) is 45.8 Å². The number of nitrogens with one attached hydrogen (secondary N) is 1. The minimum atomic E-state index is -4.76. The summed E-state index contributed by atoms with van der Waals surface area (Å²) in [5.74, 6) is 0.144. The zero-order valence-corrected chi connectivity index (χ0v) is 20.1. The molecule has 0 bridgehead atoms. The Kier molecular flexibility index (Phi) is 6.67. The number of alkyl halides is 3. The molecule has 0 saturated heterocycles. The molecule has 0 aliphatic heterocycles. The molecule has 0 radical (unpaired) electrons. The number of nitrogens with zero attached hydrogens (tertiary/aromatic N) is 1. The molecule has 186 valence electrons. The third-order valence-corrected chi connectivity index (χ3v) is 6.56. The molecule has 36 heavy (non-hydrogen) atoms. The number of halogens is 4. The second kappa shape index (κ2) is 9.90. The standard InChI is InChI=1S/C28H24ClF3N2O2/c29-23-15-22-10-12-33-26(22)25(16-23)27(35)34(17-19-4-6-20(7-5-19)21-8-9-21)13-11-18-2-1-3-24(14-18)36-28(30,31)32/h1-7,10,12,14-16,21,33H,8-9,11,13,17H2. The Morgan fingerprint density at radius 2 is 1.81 bits per heavy atom. The summed E-state index contributed by atoms with van der Waals surface area (Å²) < 4.78 is 42.0. The number of hydrogen-bond donors (Lipinski definition) is 1. The molecule has 4 nitrogen and oxygen atoms in total. The molecule has 0 atom stereocenters. The molecule has 1 aliphatic rings. The van der Waals surface area contributed by atoms with Crippen molar-refractivity contribution in [2.45, 2.75) is 38.1 Å². The Hall–Kier alpha value is -3.45. The third-order valence-electron chi connectivity index (χ3n) is 6.35. The first-order valence-electron chi connectivity index (χ1n) is 11.7. The fourth-order valence-corrected chi connectivity index (χ4v) is 4.65. The van der Waals surface area contributed by atoms with Crippen molar-refractivity contribution in [2.75, 3.05) is 6.54 Å². The van der Waals surface area contributed by atoms with E-state index in [0.29, 0.717) is 47.1 Å². The van der Waals surface area contributed by atoms with Crippen molar-refractivity contribution in [2.24, 2.45) is 0 Å². The molecule has 3 aromatic carbocycles. The van der Waals surface area contributed by atoms with Crippen LogP contribution in [0.15, 0.2) is 72.9 Å². The second-order valence-corrected chi connectivity index (χ2v) is 9.52. The molecule has 1 amide bonds. The van der Waals surface area contributed by atoms with Crippen molar-refractivity contribution in [1.29, 1.82) is 0 Å². The number of hydrogen-bond acceptors (Lipinski definition) is 2. The number of aromatic nitrogens is 1. The smallest absolute Gasteiger partial charge is 0.406 e. The van der Waals surface area contributed by atoms with Crippen molar-refractivity contribution in [1.82, 2.24) is 9.88 Å². The summed E-state index contributed by atoms with van der Waals surface area (Å²) in [6.45, 7) is 0.657. The summed E-state index contributed by atoms with van der Waals surface area (Å²) >= 11 is 6.30. The Labute approximate surface area is 211 Å². The lowest BCUT2D eigenvalue weighted by Gasteiger charge is -2.24. The number of rotatable bonds is 8. The van der Waals surface area contributed by atoms with Gasteiger partial charge in [-0.05, 0) is 72.2 Å². The molecule has 1 N–H and O–H groups in total. The molecular weight excluding hydrogens is 489 g/mol. The van der Waals surface area contributed by atoms with Crippen LogP contribution < -0.4 is 4.74 Å². The monoisotopic (exact) mass is 512 g/mol. The predicted octanol–water partition coefficient (Wildman–Crippen LogP) is 7.48. The maximum absolute atomic E-state index is 13.7. The minimum absolute atomic E-state index is 0.209. The van der Waals surface area contributed by atoms with E-state index in [1.54, 1.807) is 29.3 Å². The van der Waals surface area contributed by atoms with Crippen LogP contribution in [0.3, 0.4) is 0 Å². The highest BCUT2D eigenvalue weighted by atomic mass is 35.5. The molecule has 4 aromatic rings. The van der Waals surface area contributed by atoms with Gasteiger partial charge in [-0.3, -0.25) is 4.79 Å². The lowest BCUT2D eigenvalue weighted by molar-refractivity contribution is -0.274. The molecule has 1 heterocycles. The fourth-order valence-electron chi connectivity index (χ4n) is 4.42. The van der Waals surface area contributed by atoms with Gasteiger partial charge >= 0.3 is 6.36 Å². The number of carbonyl (C=O) groups excluding carboxylic acids is 1. The lowest BCUT2D eigenvalue weighted by Crippen LogP contribution is -2.32. The van der Waals surface area contributed by atoms with Crippen LogP contribution in [0, 0.1) is 0 Å². The maximum Gasteiger partial charge on any atom is 0.573 e. The summed E-state index contributed by atoms with van der Waals surface area (Å²) in [5.41, 5.74) is 4.06. The first-order chi connectivity index (χ1) is 17.2. The highest BCUT2D eigenvalue weighted by Crippen LogP contribution is 2.40. The van der Waals surface area contributed by atoms with E-state index in [2.05, 4.69) is 21.9 Å². The van der Waals surface area contributed by atoms with E-state index < -0.39 is 6.36 Å². The Morgan fingerprint density at radius 3 is 2.53 bits per heavy atom. The number of ether oxygens (including phenoxy) is 1. The van der Waals surface area contributed by atoms with Gasteiger partial charge in [0.15, 0.2) is 0 Å². The highest BCUT2D eigenvalue weighted by Gasteiger charge is 2.31. The van der Waals surface area contributed by atoms with Crippen LogP contribution in [0.5, 0.6) is 5.75 Å². The highest BCUT2D eigenvalue weighted by molar-refractivity contribution is 6.32. The lowest BCUT2D eigenvalue weighted by atomic mass is 10.1. The van der Waals surface area contributed by atoms with E-state index in [1.807, 2.05) is 18.2 Å². The summed E-state index contributed by atoms with van der Waals surface area (Å²) in [6.07, 6.45) is -0.231. The molecule has 8 heteroatoms. The van der Waals surface area contributed by atoms with Crippen LogP contribution in [0.2, 0.25) is 5.02 Å². The minimum Gasteiger partial charge on any atom is -0.406 e. The normalized spacial score (nSPS) is 13.7. The van der Waals surface area contributed by atoms with E-state index in [9.17, 15) is 18.0 Å². The first kappa shape index (κ1) is 24.3. The van der Waals surface area contributed by atoms with Crippen molar-refractivity contribution in [3.05, 3.63) is 100 Å². The van der Waals surface area contributed by atoms with Gasteiger partial charge in [-0.15, -0.1) is 13.2 Å². The SMILES string of the molecule is O=C(c1cc(Cl)cc2cc[nH]c12)N(CCc1cccc(OC(F)(F)F)c1)Cc1ccc(C2CC2)cc1. The molecule has 0 unspecified atom stereocenters. The number of fused-ring (bicyclic) bond motifs is 1. The quantitative estimate of drug-likeness (QED) is 0.266. The van der Waals surface area contributed by atoms with Gasteiger partial charge in [0.1, 0.15) is 5.75 Å². The average molecular weight is 513 g/mol. The number of aromatic amines is 1. The van der Waals surface area contributed by atoms with Crippen LogP contribution in [-0.4, -0.2) is 28.7 Å². The van der Waals surface area contributed by atoms with Crippen molar-refractivity contribution in [3.63, 3.8) is 0 Å². The second-order valence-electron chi connectivity index (χ2n) is 9.08. The fraction of sp³-hybridized carbons (Fsp3) is 0.250. The molecule has 0 spiro atoms. The van der Waals surface area contributed by atoms with E-state index in [0.717, 1.165) is 10.9 Å². The van der Waals surface area contributed by atoms with Crippen LogP contribution in [0.4, 0.5) is 13.2 Å². The van der Waals surface area contributed by atoms with Crippen molar-refractivity contribution >= 4 is 28.4 Å². The van der Waals surface area contributed by atoms with E-state index in [1.165, 1.54) is 36.6 Å². The van der Waals surface area contributed by atoms with E-state index in [4.69, 9.17) is 11.6 Å². The molecule has 1 aromatic heterocycles. The zero-order valence-electron chi connectivity index (χ0n) is 19.3. The predicted molar refractivity (Wildman–Crippen MR) is 133 cm³/mol. The van der Waals surface area contributed by atoms with Gasteiger partial charge in [0.05, 0.1) is 11.1 Å². The average Bonchev–Trinajstić information content (AvgIpc) is 3.58. The van der Waals surface area contributed by atoms with Crippen LogP contribution in [-0.2, 0) is 13.0 Å². The van der Waals surface area contributed by atoms with Gasteiger partial charge in [-0.2, -0.15) is 0 Å². The number of H-pyrrole nitrogens is 1. The topological polar surface area (TPSA) is 45.3 Å².